The Bertz CT molecular complexity index is 683. The van der Waals surface area contributed by atoms with E-state index in [0.29, 0.717) is 18.5 Å². The minimum absolute atomic E-state index is 0.276. The maximum Gasteiger partial charge on any atom is 0.222 e. The molecular formula is C20H27N3OS. The van der Waals surface area contributed by atoms with Crippen LogP contribution >= 0.6 is 11.3 Å². The third-order valence-electron chi connectivity index (χ3n) is 5.27. The molecule has 1 aromatic heterocycles. The number of hydrogen-bond donors (Lipinski definition) is 0. The smallest absolute Gasteiger partial charge is 0.222 e. The number of likely N-dealkylation sites (tertiary alicyclic amines) is 1. The highest BCUT2D eigenvalue weighted by Gasteiger charge is 2.28. The Hall–Kier alpha value is -1.72. The Morgan fingerprint density at radius 1 is 1.32 bits per heavy atom. The summed E-state index contributed by atoms with van der Waals surface area (Å²) in [7, 11) is 2.16. The van der Waals surface area contributed by atoms with Gasteiger partial charge < -0.3 is 4.90 Å². The maximum atomic E-state index is 12.5. The highest BCUT2D eigenvalue weighted by molar-refractivity contribution is 7.09. The van der Waals surface area contributed by atoms with Gasteiger partial charge in [0, 0.05) is 37.1 Å². The first-order chi connectivity index (χ1) is 12.0. The molecule has 1 aromatic carbocycles. The lowest BCUT2D eigenvalue weighted by Crippen LogP contribution is -2.35. The minimum atomic E-state index is 0.276. The van der Waals surface area contributed by atoms with Gasteiger partial charge in [-0.2, -0.15) is 0 Å². The summed E-state index contributed by atoms with van der Waals surface area (Å²) in [4.78, 5) is 21.4. The summed E-state index contributed by atoms with van der Waals surface area (Å²) in [5.74, 6) is 0.276. The highest BCUT2D eigenvalue weighted by atomic mass is 32.1. The third kappa shape index (κ3) is 4.47. The van der Waals surface area contributed by atoms with Gasteiger partial charge in [-0.25, -0.2) is 4.98 Å². The van der Waals surface area contributed by atoms with Crippen LogP contribution in [0.1, 0.15) is 48.4 Å². The number of aryl methyl sites for hydroxylation is 1. The van der Waals surface area contributed by atoms with Gasteiger partial charge in [0.05, 0.1) is 6.04 Å². The molecule has 0 saturated carbocycles. The molecule has 2 atom stereocenters. The van der Waals surface area contributed by atoms with Gasteiger partial charge in [0.15, 0.2) is 0 Å². The van der Waals surface area contributed by atoms with Crippen LogP contribution < -0.4 is 0 Å². The Kier molecular flexibility index (Phi) is 5.86. The standard InChI is InChI=1S/C20H27N3OS/c1-15-4-6-17(7-5-15)14-23-12-10-18(8-9-19(23)24)22(3)16(2)20-21-11-13-25-20/h4-7,11,13,16,18H,8-10,12,14H2,1-3H3/t16-,18-/m1/s1. The second-order valence-corrected chi connectivity index (χ2v) is 7.92. The van der Waals surface area contributed by atoms with Crippen LogP contribution in [-0.4, -0.2) is 40.3 Å². The van der Waals surface area contributed by atoms with Crippen LogP contribution in [0.15, 0.2) is 35.8 Å². The monoisotopic (exact) mass is 357 g/mol. The summed E-state index contributed by atoms with van der Waals surface area (Å²) in [6, 6.07) is 9.20. The Morgan fingerprint density at radius 3 is 2.76 bits per heavy atom. The highest BCUT2D eigenvalue weighted by Crippen LogP contribution is 2.27. The largest absolute Gasteiger partial charge is 0.338 e. The molecule has 4 nitrogen and oxygen atoms in total. The van der Waals surface area contributed by atoms with Gasteiger partial charge in [0.25, 0.3) is 0 Å². The zero-order valence-corrected chi connectivity index (χ0v) is 16.1. The molecule has 0 N–H and O–H groups in total. The SMILES string of the molecule is Cc1ccc(CN2CC[C@H](N(C)[C@H](C)c3nccs3)CCC2=O)cc1. The van der Waals surface area contributed by atoms with E-state index in [4.69, 9.17) is 0 Å². The quantitative estimate of drug-likeness (QED) is 0.811. The van der Waals surface area contributed by atoms with E-state index in [1.807, 2.05) is 16.5 Å². The number of benzene rings is 1. The fourth-order valence-corrected chi connectivity index (χ4v) is 4.19. The molecule has 2 heterocycles. The van der Waals surface area contributed by atoms with Crippen LogP contribution in [0.5, 0.6) is 0 Å². The molecular weight excluding hydrogens is 330 g/mol. The zero-order chi connectivity index (χ0) is 17.8. The Labute approximate surface area is 154 Å². The number of carbonyl (C=O) groups is 1. The average molecular weight is 358 g/mol. The lowest BCUT2D eigenvalue weighted by atomic mass is 10.1. The molecule has 1 aliphatic heterocycles. The molecule has 1 fully saturated rings. The summed E-state index contributed by atoms with van der Waals surface area (Å²) in [5, 5.41) is 3.18. The van der Waals surface area contributed by atoms with Gasteiger partial charge in [-0.1, -0.05) is 29.8 Å². The molecule has 25 heavy (non-hydrogen) atoms. The molecule has 0 radical (unpaired) electrons. The van der Waals surface area contributed by atoms with Crippen molar-refractivity contribution in [2.75, 3.05) is 13.6 Å². The van der Waals surface area contributed by atoms with E-state index < -0.39 is 0 Å². The van der Waals surface area contributed by atoms with Gasteiger partial charge in [0.1, 0.15) is 5.01 Å². The molecule has 0 unspecified atom stereocenters. The van der Waals surface area contributed by atoms with Crippen LogP contribution in [0.2, 0.25) is 0 Å². The number of rotatable bonds is 5. The predicted molar refractivity (Wildman–Crippen MR) is 103 cm³/mol. The van der Waals surface area contributed by atoms with Gasteiger partial charge in [-0.3, -0.25) is 9.69 Å². The average Bonchev–Trinajstić information content (AvgIpc) is 3.09. The molecule has 1 saturated heterocycles. The first-order valence-electron chi connectivity index (χ1n) is 8.99. The third-order valence-corrected chi connectivity index (χ3v) is 6.21. The lowest BCUT2D eigenvalue weighted by Gasteiger charge is -2.31. The van der Waals surface area contributed by atoms with E-state index in [2.05, 4.69) is 55.0 Å². The number of nitrogens with zero attached hydrogens (tertiary/aromatic N) is 3. The van der Waals surface area contributed by atoms with Crippen molar-refractivity contribution >= 4 is 17.2 Å². The summed E-state index contributed by atoms with van der Waals surface area (Å²) >= 11 is 1.70. The summed E-state index contributed by atoms with van der Waals surface area (Å²) < 4.78 is 0. The topological polar surface area (TPSA) is 36.4 Å². The van der Waals surface area contributed by atoms with E-state index in [1.54, 1.807) is 11.3 Å². The van der Waals surface area contributed by atoms with Gasteiger partial charge in [-0.15, -0.1) is 11.3 Å². The van der Waals surface area contributed by atoms with Crippen molar-refractivity contribution in [1.29, 1.82) is 0 Å². The van der Waals surface area contributed by atoms with Crippen molar-refractivity contribution in [1.82, 2.24) is 14.8 Å². The minimum Gasteiger partial charge on any atom is -0.338 e. The van der Waals surface area contributed by atoms with Crippen LogP contribution in [0, 0.1) is 6.92 Å². The van der Waals surface area contributed by atoms with Crippen molar-refractivity contribution < 1.29 is 4.79 Å². The fourth-order valence-electron chi connectivity index (χ4n) is 3.44. The number of carbonyl (C=O) groups excluding carboxylic acids is 1. The van der Waals surface area contributed by atoms with Crippen molar-refractivity contribution in [3.8, 4) is 0 Å². The van der Waals surface area contributed by atoms with Crippen LogP contribution in [0.4, 0.5) is 0 Å². The van der Waals surface area contributed by atoms with Gasteiger partial charge >= 0.3 is 0 Å². The van der Waals surface area contributed by atoms with E-state index in [-0.39, 0.29) is 5.91 Å². The molecule has 0 spiro atoms. The van der Waals surface area contributed by atoms with E-state index >= 15 is 0 Å². The molecule has 1 aliphatic rings. The van der Waals surface area contributed by atoms with E-state index in [0.717, 1.165) is 30.9 Å². The molecule has 5 heteroatoms. The summed E-state index contributed by atoms with van der Waals surface area (Å²) in [5.41, 5.74) is 2.46. The van der Waals surface area contributed by atoms with Crippen LogP contribution in [0.25, 0.3) is 0 Å². The second kappa shape index (κ2) is 8.11. The first-order valence-corrected chi connectivity index (χ1v) is 9.87. The Morgan fingerprint density at radius 2 is 2.08 bits per heavy atom. The summed E-state index contributed by atoms with van der Waals surface area (Å²) in [6.45, 7) is 5.84. The van der Waals surface area contributed by atoms with E-state index in [1.165, 1.54) is 11.1 Å². The molecule has 0 aliphatic carbocycles. The normalized spacial score (nSPS) is 19.9. The number of aromatic nitrogens is 1. The predicted octanol–water partition coefficient (Wildman–Crippen LogP) is 4.03. The lowest BCUT2D eigenvalue weighted by molar-refractivity contribution is -0.131. The number of amides is 1. The van der Waals surface area contributed by atoms with Crippen LogP contribution in [0.3, 0.4) is 0 Å². The summed E-state index contributed by atoms with van der Waals surface area (Å²) in [6.07, 6.45) is 4.44. The molecule has 1 amide bonds. The Balaban J connectivity index is 1.62. The van der Waals surface area contributed by atoms with Crippen molar-refractivity contribution in [2.45, 2.75) is 51.7 Å². The molecule has 2 aromatic rings. The van der Waals surface area contributed by atoms with Crippen LogP contribution in [-0.2, 0) is 11.3 Å². The van der Waals surface area contributed by atoms with Gasteiger partial charge in [-0.05, 0) is 39.3 Å². The van der Waals surface area contributed by atoms with E-state index in [9.17, 15) is 4.79 Å². The molecule has 3 rings (SSSR count). The zero-order valence-electron chi connectivity index (χ0n) is 15.3. The van der Waals surface area contributed by atoms with Crippen molar-refractivity contribution in [3.05, 3.63) is 52.0 Å². The number of hydrogen-bond acceptors (Lipinski definition) is 4. The number of thiazole rings is 1. The first kappa shape index (κ1) is 18.1. The van der Waals surface area contributed by atoms with Crippen molar-refractivity contribution in [3.63, 3.8) is 0 Å². The fraction of sp³-hybridized carbons (Fsp3) is 0.500. The maximum absolute atomic E-state index is 12.5. The van der Waals surface area contributed by atoms with Gasteiger partial charge in [0.2, 0.25) is 5.91 Å². The molecule has 134 valence electrons. The second-order valence-electron chi connectivity index (χ2n) is 6.99. The molecule has 0 bridgehead atoms. The van der Waals surface area contributed by atoms with Crippen molar-refractivity contribution in [2.24, 2.45) is 0 Å².